The first kappa shape index (κ1) is 11.4. The Bertz CT molecular complexity index is 439. The fraction of sp³-hybridized carbons (Fsp3) is 0.500. The van der Waals surface area contributed by atoms with Crippen LogP contribution in [0, 0.1) is 6.92 Å². The highest BCUT2D eigenvalue weighted by molar-refractivity contribution is 7.84. The first-order chi connectivity index (χ1) is 6.31. The van der Waals surface area contributed by atoms with Crippen LogP contribution in [-0.4, -0.2) is 18.2 Å². The van der Waals surface area contributed by atoms with Crippen molar-refractivity contribution in [2.75, 3.05) is 0 Å². The third kappa shape index (κ3) is 2.68. The molecule has 80 valence electrons. The van der Waals surface area contributed by atoms with Crippen molar-refractivity contribution in [2.45, 2.75) is 13.5 Å². The van der Waals surface area contributed by atoms with Gasteiger partial charge in [-0.2, -0.15) is 13.5 Å². The van der Waals surface area contributed by atoms with E-state index in [1.165, 1.54) is 4.68 Å². The number of halogens is 1. The first-order valence-corrected chi connectivity index (χ1v) is 5.51. The number of nitrogens with two attached hydrogens (primary N) is 1. The quantitative estimate of drug-likeness (QED) is 0.811. The van der Waals surface area contributed by atoms with E-state index in [1.54, 1.807) is 14.0 Å². The highest BCUT2D eigenvalue weighted by atomic mass is 35.5. The van der Waals surface area contributed by atoms with Gasteiger partial charge in [0.1, 0.15) is 5.15 Å². The van der Waals surface area contributed by atoms with Crippen LogP contribution >= 0.6 is 11.6 Å². The lowest BCUT2D eigenvalue weighted by molar-refractivity contribution is 0.308. The summed E-state index contributed by atoms with van der Waals surface area (Å²) in [4.78, 5) is 0. The van der Waals surface area contributed by atoms with Gasteiger partial charge in [-0.1, -0.05) is 11.6 Å². The molecule has 0 amide bonds. The Morgan fingerprint density at radius 3 is 2.57 bits per heavy atom. The van der Waals surface area contributed by atoms with Crippen LogP contribution in [0.5, 0.6) is 0 Å². The molecule has 2 N–H and O–H groups in total. The number of hydrogen-bond donors (Lipinski definition) is 1. The zero-order valence-corrected chi connectivity index (χ0v) is 9.26. The van der Waals surface area contributed by atoms with Crippen molar-refractivity contribution in [2.24, 2.45) is 12.2 Å². The van der Waals surface area contributed by atoms with Crippen LogP contribution in [0.2, 0.25) is 5.15 Å². The van der Waals surface area contributed by atoms with Crippen molar-refractivity contribution in [1.29, 1.82) is 0 Å². The molecule has 14 heavy (non-hydrogen) atoms. The second-order valence-corrected chi connectivity index (χ2v) is 4.31. The molecule has 0 atom stereocenters. The largest absolute Gasteiger partial charge is 0.333 e. The molecule has 0 saturated carbocycles. The molecule has 1 rings (SSSR count). The van der Waals surface area contributed by atoms with E-state index in [0.717, 1.165) is 0 Å². The van der Waals surface area contributed by atoms with Gasteiger partial charge in [0.05, 0.1) is 12.3 Å². The van der Waals surface area contributed by atoms with Gasteiger partial charge in [0.15, 0.2) is 0 Å². The molecule has 0 aliphatic rings. The number of rotatable bonds is 3. The Morgan fingerprint density at radius 2 is 2.21 bits per heavy atom. The summed E-state index contributed by atoms with van der Waals surface area (Å²) in [6, 6.07) is 0. The van der Waals surface area contributed by atoms with E-state index in [2.05, 4.69) is 14.4 Å². The van der Waals surface area contributed by atoms with Gasteiger partial charge < -0.3 is 0 Å². The molecular weight excluding hydrogens is 230 g/mol. The topological polar surface area (TPSA) is 87.2 Å². The number of aryl methyl sites for hydroxylation is 2. The monoisotopic (exact) mass is 239 g/mol. The Kier molecular flexibility index (Phi) is 3.15. The summed E-state index contributed by atoms with van der Waals surface area (Å²) in [6.45, 7) is 1.51. The van der Waals surface area contributed by atoms with Gasteiger partial charge in [-0.15, -0.1) is 0 Å². The van der Waals surface area contributed by atoms with Crippen LogP contribution in [0.4, 0.5) is 0 Å². The minimum Gasteiger partial charge on any atom is -0.256 e. The second kappa shape index (κ2) is 3.85. The smallest absolute Gasteiger partial charge is 0.256 e. The molecule has 0 unspecified atom stereocenters. The van der Waals surface area contributed by atoms with Crippen molar-refractivity contribution in [3.05, 3.63) is 16.4 Å². The van der Waals surface area contributed by atoms with E-state index in [1.807, 2.05) is 0 Å². The minimum absolute atomic E-state index is 0.197. The normalized spacial score (nSPS) is 12.0. The maximum atomic E-state index is 10.5. The summed E-state index contributed by atoms with van der Waals surface area (Å²) < 4.78 is 26.9. The Morgan fingerprint density at radius 1 is 1.64 bits per heavy atom. The van der Waals surface area contributed by atoms with Crippen LogP contribution in [0.1, 0.15) is 11.3 Å². The third-order valence-electron chi connectivity index (χ3n) is 1.64. The van der Waals surface area contributed by atoms with Crippen LogP contribution in [0.25, 0.3) is 0 Å². The lowest BCUT2D eigenvalue weighted by atomic mass is 10.3. The standard InChI is InChI=1S/C6H10ClN3O3S/c1-4-5(3-13-14(8,11)12)6(7)10(2)9-4/h3H2,1-2H3,(H2,8,11,12). The van der Waals surface area contributed by atoms with Gasteiger partial charge >= 0.3 is 10.3 Å². The highest BCUT2D eigenvalue weighted by Crippen LogP contribution is 2.19. The SMILES string of the molecule is Cc1nn(C)c(Cl)c1COS(N)(=O)=O. The van der Waals surface area contributed by atoms with E-state index >= 15 is 0 Å². The molecule has 1 aromatic rings. The van der Waals surface area contributed by atoms with Gasteiger partial charge in [-0.25, -0.2) is 5.14 Å². The lowest BCUT2D eigenvalue weighted by Gasteiger charge is -2.00. The summed E-state index contributed by atoms with van der Waals surface area (Å²) in [6.07, 6.45) is 0. The fourth-order valence-corrected chi connectivity index (χ4v) is 1.49. The molecule has 0 aliphatic heterocycles. The molecule has 0 radical (unpaired) electrons. The molecule has 0 fully saturated rings. The van der Waals surface area contributed by atoms with Crippen molar-refractivity contribution >= 4 is 21.9 Å². The maximum absolute atomic E-state index is 10.5. The Hall–Kier alpha value is -0.630. The van der Waals surface area contributed by atoms with E-state index in [-0.39, 0.29) is 6.61 Å². The summed E-state index contributed by atoms with van der Waals surface area (Å²) in [7, 11) is -2.29. The second-order valence-electron chi connectivity index (χ2n) is 2.73. The van der Waals surface area contributed by atoms with Crippen molar-refractivity contribution in [3.63, 3.8) is 0 Å². The zero-order valence-electron chi connectivity index (χ0n) is 7.69. The predicted octanol–water partition coefficient (Wildman–Crippen LogP) is 0.102. The fourth-order valence-electron chi connectivity index (χ4n) is 0.979. The predicted molar refractivity (Wildman–Crippen MR) is 50.9 cm³/mol. The van der Waals surface area contributed by atoms with Gasteiger partial charge in [0, 0.05) is 12.6 Å². The summed E-state index contributed by atoms with van der Waals surface area (Å²) >= 11 is 5.83. The Labute approximate surface area is 86.9 Å². The number of nitrogens with zero attached hydrogens (tertiary/aromatic N) is 2. The average Bonchev–Trinajstić information content (AvgIpc) is 2.23. The maximum Gasteiger partial charge on any atom is 0.333 e. The molecule has 0 aliphatic carbocycles. The number of aromatic nitrogens is 2. The van der Waals surface area contributed by atoms with E-state index in [9.17, 15) is 8.42 Å². The molecule has 6 nitrogen and oxygen atoms in total. The zero-order chi connectivity index (χ0) is 10.9. The minimum atomic E-state index is -3.94. The summed E-state index contributed by atoms with van der Waals surface area (Å²) in [5, 5.41) is 8.99. The molecule has 0 bridgehead atoms. The van der Waals surface area contributed by atoms with Gasteiger partial charge in [-0.05, 0) is 6.92 Å². The van der Waals surface area contributed by atoms with Gasteiger partial charge in [-0.3, -0.25) is 8.86 Å². The third-order valence-corrected chi connectivity index (χ3v) is 2.56. The van der Waals surface area contributed by atoms with Crippen LogP contribution in [-0.2, 0) is 28.1 Å². The molecule has 0 aromatic carbocycles. The molecule has 8 heteroatoms. The van der Waals surface area contributed by atoms with Crippen LogP contribution in [0.3, 0.4) is 0 Å². The van der Waals surface area contributed by atoms with Crippen LogP contribution in [0.15, 0.2) is 0 Å². The molecular formula is C6H10ClN3O3S. The van der Waals surface area contributed by atoms with Crippen molar-refractivity contribution < 1.29 is 12.6 Å². The van der Waals surface area contributed by atoms with Crippen LogP contribution < -0.4 is 5.14 Å². The molecule has 0 saturated heterocycles. The van der Waals surface area contributed by atoms with Gasteiger partial charge in [0.2, 0.25) is 0 Å². The Balaban J connectivity index is 2.87. The van der Waals surface area contributed by atoms with Crippen molar-refractivity contribution in [1.82, 2.24) is 9.78 Å². The van der Waals surface area contributed by atoms with E-state index in [0.29, 0.717) is 16.4 Å². The molecule has 1 heterocycles. The van der Waals surface area contributed by atoms with Crippen molar-refractivity contribution in [3.8, 4) is 0 Å². The molecule has 0 spiro atoms. The summed E-state index contributed by atoms with van der Waals surface area (Å²) in [5.41, 5.74) is 1.13. The first-order valence-electron chi connectivity index (χ1n) is 3.66. The van der Waals surface area contributed by atoms with E-state index < -0.39 is 10.3 Å². The average molecular weight is 240 g/mol. The van der Waals surface area contributed by atoms with Gasteiger partial charge in [0.25, 0.3) is 0 Å². The highest BCUT2D eigenvalue weighted by Gasteiger charge is 2.13. The number of hydrogen-bond acceptors (Lipinski definition) is 4. The molecule has 1 aromatic heterocycles. The lowest BCUT2D eigenvalue weighted by Crippen LogP contribution is -2.15. The summed E-state index contributed by atoms with van der Waals surface area (Å²) in [5.74, 6) is 0. The van der Waals surface area contributed by atoms with E-state index in [4.69, 9.17) is 11.6 Å².